The van der Waals surface area contributed by atoms with E-state index in [1.165, 1.54) is 24.4 Å². The Morgan fingerprint density at radius 2 is 1.90 bits per heavy atom. The van der Waals surface area contributed by atoms with Crippen molar-refractivity contribution < 1.29 is 17.9 Å². The highest BCUT2D eigenvalue weighted by atomic mass is 32.2. The van der Waals surface area contributed by atoms with Gasteiger partial charge in [-0.3, -0.25) is 0 Å². The Balaban J connectivity index is 2.11. The van der Waals surface area contributed by atoms with Gasteiger partial charge in [-0.25, -0.2) is 18.1 Å². The molecule has 0 bridgehead atoms. The monoisotopic (exact) mass is 309 g/mol. The van der Waals surface area contributed by atoms with E-state index < -0.39 is 10.0 Å². The number of rotatable bonds is 7. The maximum Gasteiger partial charge on any atom is 0.264 e. The number of benzene rings is 1. The van der Waals surface area contributed by atoms with Gasteiger partial charge in [-0.2, -0.15) is 4.98 Å². The lowest BCUT2D eigenvalue weighted by atomic mass is 10.4. The van der Waals surface area contributed by atoms with E-state index in [4.69, 9.17) is 9.47 Å². The molecule has 0 unspecified atom stereocenters. The van der Waals surface area contributed by atoms with Crippen molar-refractivity contribution >= 4 is 16.0 Å². The fraction of sp³-hybridized carbons (Fsp3) is 0.231. The zero-order valence-electron chi connectivity index (χ0n) is 11.4. The van der Waals surface area contributed by atoms with Gasteiger partial charge < -0.3 is 9.47 Å². The van der Waals surface area contributed by atoms with E-state index in [0.717, 1.165) is 0 Å². The Hall–Kier alpha value is -2.19. The number of nitrogens with zero attached hydrogens (tertiary/aromatic N) is 2. The minimum Gasteiger partial charge on any atom is -0.475 e. The predicted octanol–water partition coefficient (Wildman–Crippen LogP) is 1.30. The second kappa shape index (κ2) is 7.00. The number of ether oxygens (including phenoxy) is 2. The second-order valence-electron chi connectivity index (χ2n) is 3.98. The molecule has 0 saturated carbocycles. The molecule has 1 N–H and O–H groups in total. The molecule has 0 radical (unpaired) electrons. The summed E-state index contributed by atoms with van der Waals surface area (Å²) in [7, 11) is -2.15. The molecule has 21 heavy (non-hydrogen) atoms. The third-order valence-electron chi connectivity index (χ3n) is 2.45. The molecule has 1 aromatic heterocycles. The zero-order chi connectivity index (χ0) is 15.1. The summed E-state index contributed by atoms with van der Waals surface area (Å²) in [6.07, 6.45) is 1.41. The molecule has 0 aliphatic rings. The van der Waals surface area contributed by atoms with E-state index in [9.17, 15) is 8.42 Å². The molecular formula is C13H15N3O4S. The molecule has 0 aliphatic heterocycles. The van der Waals surface area contributed by atoms with Gasteiger partial charge in [0, 0.05) is 19.4 Å². The topological polar surface area (TPSA) is 90.4 Å². The van der Waals surface area contributed by atoms with Gasteiger partial charge in [0.05, 0.1) is 11.5 Å². The summed E-state index contributed by atoms with van der Waals surface area (Å²) in [4.78, 5) is 7.98. The number of methoxy groups -OCH3 is 1. The Labute approximate surface area is 123 Å². The quantitative estimate of drug-likeness (QED) is 0.775. The first-order chi connectivity index (χ1) is 10.1. The molecule has 8 heteroatoms. The van der Waals surface area contributed by atoms with Gasteiger partial charge in [0.2, 0.25) is 11.8 Å². The van der Waals surface area contributed by atoms with Gasteiger partial charge in [0.25, 0.3) is 10.0 Å². The molecule has 0 amide bonds. The van der Waals surface area contributed by atoms with Crippen LogP contribution in [-0.4, -0.2) is 38.7 Å². The van der Waals surface area contributed by atoms with Crippen LogP contribution >= 0.6 is 0 Å². The summed E-state index contributed by atoms with van der Waals surface area (Å²) in [5.41, 5.74) is 0. The highest BCUT2D eigenvalue weighted by Gasteiger charge is 2.15. The number of aromatic nitrogens is 2. The van der Waals surface area contributed by atoms with Crippen LogP contribution in [0.15, 0.2) is 47.5 Å². The summed E-state index contributed by atoms with van der Waals surface area (Å²) in [5.74, 6) is 0.224. The molecule has 0 spiro atoms. The van der Waals surface area contributed by atoms with Crippen molar-refractivity contribution in [1.82, 2.24) is 9.97 Å². The molecule has 7 nitrogen and oxygen atoms in total. The van der Waals surface area contributed by atoms with Gasteiger partial charge in [-0.15, -0.1) is 0 Å². The third kappa shape index (κ3) is 4.40. The van der Waals surface area contributed by atoms with Gasteiger partial charge >= 0.3 is 0 Å². The summed E-state index contributed by atoms with van der Waals surface area (Å²) >= 11 is 0. The van der Waals surface area contributed by atoms with Crippen LogP contribution < -0.4 is 9.46 Å². The highest BCUT2D eigenvalue weighted by Crippen LogP contribution is 2.14. The summed E-state index contributed by atoms with van der Waals surface area (Å²) in [5, 5.41) is 0. The van der Waals surface area contributed by atoms with Gasteiger partial charge in [-0.05, 0) is 12.1 Å². The highest BCUT2D eigenvalue weighted by molar-refractivity contribution is 7.92. The van der Waals surface area contributed by atoms with Crippen LogP contribution in [-0.2, 0) is 14.8 Å². The molecule has 0 fully saturated rings. The molecule has 0 atom stereocenters. The lowest BCUT2D eigenvalue weighted by molar-refractivity contribution is 0.144. The van der Waals surface area contributed by atoms with Crippen LogP contribution in [0.25, 0.3) is 0 Å². The van der Waals surface area contributed by atoms with Gasteiger partial charge in [0.1, 0.15) is 6.61 Å². The van der Waals surface area contributed by atoms with Crippen molar-refractivity contribution in [3.8, 4) is 5.88 Å². The minimum absolute atomic E-state index is 0.0474. The molecule has 2 rings (SSSR count). The number of nitrogens with one attached hydrogen (secondary N) is 1. The second-order valence-corrected chi connectivity index (χ2v) is 5.66. The molecule has 1 heterocycles. The smallest absolute Gasteiger partial charge is 0.264 e. The fourth-order valence-electron chi connectivity index (χ4n) is 1.48. The Bertz CT molecular complexity index is 677. The standard InChI is InChI=1S/C13H15N3O4S/c1-19-9-10-20-12-7-8-14-13(15-12)16-21(17,18)11-5-3-2-4-6-11/h2-8H,9-10H2,1H3,(H,14,15,16). The van der Waals surface area contributed by atoms with Crippen LogP contribution in [0.5, 0.6) is 5.88 Å². The van der Waals surface area contributed by atoms with Crippen molar-refractivity contribution in [2.45, 2.75) is 4.90 Å². The summed E-state index contributed by atoms with van der Waals surface area (Å²) in [6, 6.07) is 9.53. The molecule has 1 aromatic carbocycles. The normalized spacial score (nSPS) is 11.1. The van der Waals surface area contributed by atoms with Gasteiger partial charge in [0.15, 0.2) is 0 Å². The Kier molecular flexibility index (Phi) is 5.07. The molecule has 0 saturated heterocycles. The lowest BCUT2D eigenvalue weighted by Gasteiger charge is -2.08. The first kappa shape index (κ1) is 15.2. The van der Waals surface area contributed by atoms with Crippen LogP contribution in [0.4, 0.5) is 5.95 Å². The predicted molar refractivity (Wildman–Crippen MR) is 76.7 cm³/mol. The van der Waals surface area contributed by atoms with Crippen molar-refractivity contribution in [2.24, 2.45) is 0 Å². The lowest BCUT2D eigenvalue weighted by Crippen LogP contribution is -2.15. The third-order valence-corrected chi connectivity index (χ3v) is 3.79. The molecular weight excluding hydrogens is 294 g/mol. The first-order valence-corrected chi connectivity index (χ1v) is 7.63. The van der Waals surface area contributed by atoms with Crippen molar-refractivity contribution in [3.63, 3.8) is 0 Å². The first-order valence-electron chi connectivity index (χ1n) is 6.14. The maximum atomic E-state index is 12.1. The van der Waals surface area contributed by atoms with Crippen LogP contribution in [0.3, 0.4) is 0 Å². The SMILES string of the molecule is COCCOc1ccnc(NS(=O)(=O)c2ccccc2)n1. The zero-order valence-corrected chi connectivity index (χ0v) is 12.2. The van der Waals surface area contributed by atoms with E-state index in [2.05, 4.69) is 14.7 Å². The Morgan fingerprint density at radius 3 is 2.62 bits per heavy atom. The maximum absolute atomic E-state index is 12.1. The van der Waals surface area contributed by atoms with E-state index in [1.807, 2.05) is 0 Å². The number of hydrogen-bond donors (Lipinski definition) is 1. The average Bonchev–Trinajstić information content (AvgIpc) is 2.48. The van der Waals surface area contributed by atoms with Crippen molar-refractivity contribution in [3.05, 3.63) is 42.6 Å². The molecule has 0 aliphatic carbocycles. The van der Waals surface area contributed by atoms with Crippen LogP contribution in [0.2, 0.25) is 0 Å². The molecule has 2 aromatic rings. The van der Waals surface area contributed by atoms with E-state index >= 15 is 0 Å². The molecule has 112 valence electrons. The van der Waals surface area contributed by atoms with Crippen LogP contribution in [0.1, 0.15) is 0 Å². The van der Waals surface area contributed by atoms with Crippen LogP contribution in [0, 0.1) is 0 Å². The van der Waals surface area contributed by atoms with E-state index in [0.29, 0.717) is 13.2 Å². The average molecular weight is 309 g/mol. The number of anilines is 1. The van der Waals surface area contributed by atoms with E-state index in [1.54, 1.807) is 25.3 Å². The minimum atomic E-state index is -3.71. The van der Waals surface area contributed by atoms with Crippen molar-refractivity contribution in [2.75, 3.05) is 25.0 Å². The summed E-state index contributed by atoms with van der Waals surface area (Å²) < 4.78 is 36.7. The summed E-state index contributed by atoms with van der Waals surface area (Å²) in [6.45, 7) is 0.730. The number of sulfonamides is 1. The van der Waals surface area contributed by atoms with E-state index in [-0.39, 0.29) is 16.7 Å². The fourth-order valence-corrected chi connectivity index (χ4v) is 2.45. The Morgan fingerprint density at radius 1 is 1.14 bits per heavy atom. The van der Waals surface area contributed by atoms with Crippen molar-refractivity contribution in [1.29, 1.82) is 0 Å². The van der Waals surface area contributed by atoms with Gasteiger partial charge in [-0.1, -0.05) is 18.2 Å². The largest absolute Gasteiger partial charge is 0.475 e. The number of hydrogen-bond acceptors (Lipinski definition) is 6.